The number of ether oxygens (including phenoxy) is 3. The molecule has 0 spiro atoms. The Hall–Kier alpha value is -0.970. The van der Waals surface area contributed by atoms with Crippen molar-refractivity contribution >= 4 is 11.6 Å². The van der Waals surface area contributed by atoms with Crippen molar-refractivity contribution in [2.75, 3.05) is 27.4 Å². The van der Waals surface area contributed by atoms with Crippen molar-refractivity contribution in [3.8, 4) is 11.5 Å². The molecule has 1 aliphatic heterocycles. The molecule has 0 aliphatic carbocycles. The minimum atomic E-state index is -0.0951. The van der Waals surface area contributed by atoms with Crippen LogP contribution in [-0.4, -0.2) is 27.4 Å². The summed E-state index contributed by atoms with van der Waals surface area (Å²) in [5.41, 5.74) is 7.30. The molecule has 0 bridgehead atoms. The van der Waals surface area contributed by atoms with Crippen LogP contribution in [0.4, 0.5) is 0 Å². The van der Waals surface area contributed by atoms with E-state index in [0.717, 1.165) is 31.6 Å². The first-order valence-electron chi connectivity index (χ1n) is 6.42. The van der Waals surface area contributed by atoms with Gasteiger partial charge in [0.05, 0.1) is 14.2 Å². The van der Waals surface area contributed by atoms with Crippen LogP contribution in [-0.2, 0) is 4.74 Å². The lowest BCUT2D eigenvalue weighted by Gasteiger charge is -2.29. The standard InChI is InChI=1S/C14H20ClNO3/c1-17-11-4-3-10(14(18-2)12(11)15)13(16)9-5-7-19-8-6-9/h3-4,9,13H,5-8,16H2,1-2H3. The SMILES string of the molecule is COc1ccc(C(N)C2CCOCC2)c(OC)c1Cl. The summed E-state index contributed by atoms with van der Waals surface area (Å²) in [5.74, 6) is 1.61. The first kappa shape index (κ1) is 14.4. The van der Waals surface area contributed by atoms with Crippen LogP contribution in [0.3, 0.4) is 0 Å². The monoisotopic (exact) mass is 285 g/mol. The Balaban J connectivity index is 2.30. The largest absolute Gasteiger partial charge is 0.495 e. The average Bonchev–Trinajstić information content (AvgIpc) is 2.47. The number of halogens is 1. The fourth-order valence-electron chi connectivity index (χ4n) is 2.51. The average molecular weight is 286 g/mol. The second-order valence-corrected chi connectivity index (χ2v) is 5.06. The van der Waals surface area contributed by atoms with Gasteiger partial charge in [-0.25, -0.2) is 0 Å². The third-order valence-electron chi connectivity index (χ3n) is 3.65. The molecule has 2 rings (SSSR count). The van der Waals surface area contributed by atoms with E-state index in [1.54, 1.807) is 14.2 Å². The van der Waals surface area contributed by atoms with Gasteiger partial charge in [-0.3, -0.25) is 0 Å². The summed E-state index contributed by atoms with van der Waals surface area (Å²) < 4.78 is 16.0. The molecule has 1 aromatic rings. The van der Waals surface area contributed by atoms with Gasteiger partial charge in [-0.2, -0.15) is 0 Å². The maximum atomic E-state index is 6.37. The van der Waals surface area contributed by atoms with Gasteiger partial charge in [-0.1, -0.05) is 11.6 Å². The predicted octanol–water partition coefficient (Wildman–Crippen LogP) is 2.78. The van der Waals surface area contributed by atoms with E-state index in [2.05, 4.69) is 0 Å². The minimum absolute atomic E-state index is 0.0951. The first-order chi connectivity index (χ1) is 9.19. The quantitative estimate of drug-likeness (QED) is 0.924. The van der Waals surface area contributed by atoms with Gasteiger partial charge in [0, 0.05) is 24.8 Å². The number of rotatable bonds is 4. The van der Waals surface area contributed by atoms with Crippen molar-refractivity contribution in [3.05, 3.63) is 22.7 Å². The van der Waals surface area contributed by atoms with Gasteiger partial charge in [0.2, 0.25) is 0 Å². The Morgan fingerprint density at radius 1 is 1.26 bits per heavy atom. The third kappa shape index (κ3) is 2.96. The van der Waals surface area contributed by atoms with Gasteiger partial charge in [0.1, 0.15) is 16.5 Å². The zero-order valence-electron chi connectivity index (χ0n) is 11.3. The summed E-state index contributed by atoms with van der Waals surface area (Å²) in [6, 6.07) is 3.67. The van der Waals surface area contributed by atoms with Crippen molar-refractivity contribution in [1.82, 2.24) is 0 Å². The molecular weight excluding hydrogens is 266 g/mol. The molecule has 0 amide bonds. The van der Waals surface area contributed by atoms with Crippen molar-refractivity contribution in [1.29, 1.82) is 0 Å². The van der Waals surface area contributed by atoms with Gasteiger partial charge < -0.3 is 19.9 Å². The van der Waals surface area contributed by atoms with E-state index in [1.807, 2.05) is 12.1 Å². The predicted molar refractivity (Wildman–Crippen MR) is 75.0 cm³/mol. The molecule has 1 saturated heterocycles. The third-order valence-corrected chi connectivity index (χ3v) is 4.01. The summed E-state index contributed by atoms with van der Waals surface area (Å²) in [6.45, 7) is 1.54. The van der Waals surface area contributed by atoms with Crippen LogP contribution in [0.1, 0.15) is 24.4 Å². The summed E-state index contributed by atoms with van der Waals surface area (Å²) in [6.07, 6.45) is 1.93. The molecule has 5 heteroatoms. The molecule has 1 fully saturated rings. The maximum absolute atomic E-state index is 6.37. The molecule has 1 unspecified atom stereocenters. The van der Waals surface area contributed by atoms with Crippen LogP contribution in [0.2, 0.25) is 5.02 Å². The Morgan fingerprint density at radius 3 is 2.53 bits per heavy atom. The normalized spacial score (nSPS) is 18.1. The van der Waals surface area contributed by atoms with Crippen LogP contribution in [0.5, 0.6) is 11.5 Å². The Labute approximate surface area is 118 Å². The van der Waals surface area contributed by atoms with E-state index < -0.39 is 0 Å². The second kappa shape index (κ2) is 6.46. The second-order valence-electron chi connectivity index (χ2n) is 4.68. The summed E-state index contributed by atoms with van der Waals surface area (Å²) in [5, 5.41) is 0.477. The number of hydrogen-bond acceptors (Lipinski definition) is 4. The summed E-state index contributed by atoms with van der Waals surface area (Å²) >= 11 is 6.27. The fourth-order valence-corrected chi connectivity index (χ4v) is 2.84. The van der Waals surface area contributed by atoms with Gasteiger partial charge in [-0.05, 0) is 30.9 Å². The van der Waals surface area contributed by atoms with Gasteiger partial charge >= 0.3 is 0 Å². The topological polar surface area (TPSA) is 53.7 Å². The molecule has 19 heavy (non-hydrogen) atoms. The Morgan fingerprint density at radius 2 is 1.95 bits per heavy atom. The molecule has 0 aromatic heterocycles. The lowest BCUT2D eigenvalue weighted by molar-refractivity contribution is 0.0581. The molecule has 1 aromatic carbocycles. The van der Waals surface area contributed by atoms with Gasteiger partial charge in [-0.15, -0.1) is 0 Å². The number of nitrogens with two attached hydrogens (primary N) is 1. The zero-order valence-corrected chi connectivity index (χ0v) is 12.1. The van der Waals surface area contributed by atoms with E-state index >= 15 is 0 Å². The van der Waals surface area contributed by atoms with Gasteiger partial charge in [0.25, 0.3) is 0 Å². The van der Waals surface area contributed by atoms with Crippen LogP contribution >= 0.6 is 11.6 Å². The molecule has 4 nitrogen and oxygen atoms in total. The smallest absolute Gasteiger partial charge is 0.146 e. The lowest BCUT2D eigenvalue weighted by Crippen LogP contribution is -2.27. The van der Waals surface area contributed by atoms with Crippen LogP contribution in [0.25, 0.3) is 0 Å². The lowest BCUT2D eigenvalue weighted by atomic mass is 9.87. The van der Waals surface area contributed by atoms with Crippen molar-refractivity contribution in [3.63, 3.8) is 0 Å². The summed E-state index contributed by atoms with van der Waals surface area (Å²) in [7, 11) is 3.18. The molecule has 2 N–H and O–H groups in total. The number of benzene rings is 1. The number of hydrogen-bond donors (Lipinski definition) is 1. The molecule has 106 valence electrons. The fraction of sp³-hybridized carbons (Fsp3) is 0.571. The van der Waals surface area contributed by atoms with E-state index in [-0.39, 0.29) is 6.04 Å². The highest BCUT2D eigenvalue weighted by Crippen LogP contribution is 2.41. The van der Waals surface area contributed by atoms with Crippen LogP contribution in [0, 0.1) is 5.92 Å². The van der Waals surface area contributed by atoms with Crippen molar-refractivity contribution < 1.29 is 14.2 Å². The molecule has 1 atom stereocenters. The zero-order chi connectivity index (χ0) is 13.8. The van der Waals surface area contributed by atoms with E-state index in [0.29, 0.717) is 22.4 Å². The Kier molecular flexibility index (Phi) is 4.91. The highest BCUT2D eigenvalue weighted by atomic mass is 35.5. The summed E-state index contributed by atoms with van der Waals surface area (Å²) in [4.78, 5) is 0. The number of methoxy groups -OCH3 is 2. The van der Waals surface area contributed by atoms with Crippen molar-refractivity contribution in [2.45, 2.75) is 18.9 Å². The van der Waals surface area contributed by atoms with Crippen LogP contribution < -0.4 is 15.2 Å². The Bertz CT molecular complexity index is 433. The maximum Gasteiger partial charge on any atom is 0.146 e. The van der Waals surface area contributed by atoms with E-state index in [9.17, 15) is 0 Å². The molecule has 0 saturated carbocycles. The van der Waals surface area contributed by atoms with E-state index in [1.165, 1.54) is 0 Å². The highest BCUT2D eigenvalue weighted by molar-refractivity contribution is 6.33. The molecule has 0 radical (unpaired) electrons. The van der Waals surface area contributed by atoms with Crippen molar-refractivity contribution in [2.24, 2.45) is 11.7 Å². The minimum Gasteiger partial charge on any atom is -0.495 e. The highest BCUT2D eigenvalue weighted by Gasteiger charge is 2.26. The molecular formula is C14H20ClNO3. The molecule has 1 aliphatic rings. The first-order valence-corrected chi connectivity index (χ1v) is 6.80. The molecule has 1 heterocycles. The van der Waals surface area contributed by atoms with Crippen LogP contribution in [0.15, 0.2) is 12.1 Å². The van der Waals surface area contributed by atoms with E-state index in [4.69, 9.17) is 31.5 Å². The van der Waals surface area contributed by atoms with Gasteiger partial charge in [0.15, 0.2) is 0 Å².